The summed E-state index contributed by atoms with van der Waals surface area (Å²) in [5.74, 6) is -0.731. The second kappa shape index (κ2) is 4.34. The zero-order valence-corrected chi connectivity index (χ0v) is 10.5. The third-order valence-corrected chi connectivity index (χ3v) is 2.99. The lowest BCUT2D eigenvalue weighted by Crippen LogP contribution is -2.14. The number of fused-ring (bicyclic) bond motifs is 1. The summed E-state index contributed by atoms with van der Waals surface area (Å²) in [6.45, 7) is 0. The maximum atomic E-state index is 11.6. The number of aromatic carboxylic acids is 1. The molecule has 0 fully saturated rings. The molecule has 0 atom stereocenters. The molecule has 0 aliphatic heterocycles. The highest BCUT2D eigenvalue weighted by Crippen LogP contribution is 2.24. The molecule has 0 unspecified atom stereocenters. The van der Waals surface area contributed by atoms with Crippen LogP contribution in [0.5, 0.6) is 0 Å². The highest BCUT2D eigenvalue weighted by Gasteiger charge is 2.11. The van der Waals surface area contributed by atoms with E-state index in [2.05, 4.69) is 4.98 Å². The van der Waals surface area contributed by atoms with E-state index in [0.29, 0.717) is 22.6 Å². The molecule has 2 aromatic heterocycles. The Bertz CT molecular complexity index is 876. The number of hydrogen-bond donors (Lipinski definition) is 1. The zero-order valence-electron chi connectivity index (χ0n) is 10.5. The van der Waals surface area contributed by atoms with E-state index in [4.69, 9.17) is 9.52 Å². The predicted octanol–water partition coefficient (Wildman–Crippen LogP) is 1.89. The van der Waals surface area contributed by atoms with E-state index in [1.165, 1.54) is 22.8 Å². The minimum absolute atomic E-state index is 0.140. The number of oxazole rings is 1. The molecular weight excluding hydrogens is 260 g/mol. The number of carboxylic acid groups (broad SMARTS) is 1. The van der Waals surface area contributed by atoms with Crippen molar-refractivity contribution in [2.45, 2.75) is 0 Å². The van der Waals surface area contributed by atoms with Crippen LogP contribution in [-0.2, 0) is 7.05 Å². The molecule has 2 heterocycles. The molecule has 1 aromatic carbocycles. The number of pyridine rings is 1. The number of carbonyl (C=O) groups is 1. The number of aromatic nitrogens is 2. The van der Waals surface area contributed by atoms with Gasteiger partial charge in [-0.3, -0.25) is 4.79 Å². The van der Waals surface area contributed by atoms with Gasteiger partial charge in [0.15, 0.2) is 5.58 Å². The molecular formula is C14H10N2O4. The van der Waals surface area contributed by atoms with Crippen LogP contribution in [0.1, 0.15) is 10.4 Å². The molecule has 6 nitrogen and oxygen atoms in total. The SMILES string of the molecule is Cn1ccc(-c2nc3cc(C(=O)O)ccc3o2)cc1=O. The van der Waals surface area contributed by atoms with Gasteiger partial charge in [0.1, 0.15) is 5.52 Å². The summed E-state index contributed by atoms with van der Waals surface area (Å²) < 4.78 is 6.97. The summed E-state index contributed by atoms with van der Waals surface area (Å²) in [4.78, 5) is 26.7. The van der Waals surface area contributed by atoms with Crippen molar-refractivity contribution in [2.75, 3.05) is 0 Å². The van der Waals surface area contributed by atoms with Gasteiger partial charge in [-0.25, -0.2) is 9.78 Å². The average molecular weight is 270 g/mol. The van der Waals surface area contributed by atoms with E-state index >= 15 is 0 Å². The molecule has 0 bridgehead atoms. The number of hydrogen-bond acceptors (Lipinski definition) is 4. The third kappa shape index (κ3) is 1.97. The number of carboxylic acids is 1. The Hall–Kier alpha value is -2.89. The van der Waals surface area contributed by atoms with Crippen molar-refractivity contribution in [2.24, 2.45) is 7.05 Å². The number of benzene rings is 1. The standard InChI is InChI=1S/C14H10N2O4/c1-16-5-4-8(7-12(16)17)13-15-10-6-9(14(18)19)2-3-11(10)20-13/h2-7H,1H3,(H,18,19). The molecule has 0 saturated carbocycles. The van der Waals surface area contributed by atoms with Crippen LogP contribution in [0.3, 0.4) is 0 Å². The van der Waals surface area contributed by atoms with Crippen molar-refractivity contribution in [3.8, 4) is 11.5 Å². The molecule has 0 saturated heterocycles. The smallest absolute Gasteiger partial charge is 0.335 e. The lowest BCUT2D eigenvalue weighted by atomic mass is 10.2. The van der Waals surface area contributed by atoms with Crippen LogP contribution in [0.4, 0.5) is 0 Å². The maximum Gasteiger partial charge on any atom is 0.335 e. The Morgan fingerprint density at radius 1 is 1.30 bits per heavy atom. The second-order valence-electron chi connectivity index (χ2n) is 4.37. The van der Waals surface area contributed by atoms with E-state index in [9.17, 15) is 9.59 Å². The van der Waals surface area contributed by atoms with Gasteiger partial charge in [0, 0.05) is 24.9 Å². The van der Waals surface area contributed by atoms with E-state index in [1.807, 2.05) is 0 Å². The Morgan fingerprint density at radius 2 is 2.10 bits per heavy atom. The number of rotatable bonds is 2. The van der Waals surface area contributed by atoms with Gasteiger partial charge in [0.05, 0.1) is 5.56 Å². The number of nitrogens with zero attached hydrogens (tertiary/aromatic N) is 2. The fourth-order valence-corrected chi connectivity index (χ4v) is 1.87. The van der Waals surface area contributed by atoms with Gasteiger partial charge in [-0.1, -0.05) is 0 Å². The summed E-state index contributed by atoms with van der Waals surface area (Å²) >= 11 is 0. The van der Waals surface area contributed by atoms with E-state index in [1.54, 1.807) is 25.4 Å². The highest BCUT2D eigenvalue weighted by molar-refractivity contribution is 5.92. The Balaban J connectivity index is 2.15. The maximum absolute atomic E-state index is 11.6. The first-order valence-corrected chi connectivity index (χ1v) is 5.85. The predicted molar refractivity (Wildman–Crippen MR) is 71.6 cm³/mol. The quantitative estimate of drug-likeness (QED) is 0.768. The molecule has 0 aliphatic rings. The van der Waals surface area contributed by atoms with Gasteiger partial charge in [0.25, 0.3) is 5.56 Å². The molecule has 1 N–H and O–H groups in total. The fourth-order valence-electron chi connectivity index (χ4n) is 1.87. The molecule has 6 heteroatoms. The first kappa shape index (κ1) is 12.2. The van der Waals surface area contributed by atoms with E-state index in [0.717, 1.165) is 0 Å². The first-order valence-electron chi connectivity index (χ1n) is 5.85. The van der Waals surface area contributed by atoms with E-state index in [-0.39, 0.29) is 11.1 Å². The summed E-state index contributed by atoms with van der Waals surface area (Å²) in [6.07, 6.45) is 1.62. The van der Waals surface area contributed by atoms with Crippen LogP contribution in [0.25, 0.3) is 22.6 Å². The monoisotopic (exact) mass is 270 g/mol. The molecule has 0 amide bonds. The second-order valence-corrected chi connectivity index (χ2v) is 4.37. The Labute approximate surface area is 112 Å². The van der Waals surface area contributed by atoms with Gasteiger partial charge >= 0.3 is 5.97 Å². The topological polar surface area (TPSA) is 85.3 Å². The van der Waals surface area contributed by atoms with Crippen molar-refractivity contribution in [3.05, 3.63) is 52.4 Å². The fraction of sp³-hybridized carbons (Fsp3) is 0.0714. The van der Waals surface area contributed by atoms with Gasteiger partial charge in [-0.2, -0.15) is 0 Å². The molecule has 3 aromatic rings. The van der Waals surface area contributed by atoms with Crippen LogP contribution in [0, 0.1) is 0 Å². The molecule has 0 spiro atoms. The van der Waals surface area contributed by atoms with Crippen molar-refractivity contribution in [1.29, 1.82) is 0 Å². The minimum atomic E-state index is -1.02. The van der Waals surface area contributed by atoms with Gasteiger partial charge in [-0.05, 0) is 24.3 Å². The number of aryl methyl sites for hydroxylation is 1. The Kier molecular flexibility index (Phi) is 2.64. The van der Waals surface area contributed by atoms with Gasteiger partial charge < -0.3 is 14.1 Å². The minimum Gasteiger partial charge on any atom is -0.478 e. The summed E-state index contributed by atoms with van der Waals surface area (Å²) in [7, 11) is 1.65. The van der Waals surface area contributed by atoms with Crippen LogP contribution in [-0.4, -0.2) is 20.6 Å². The van der Waals surface area contributed by atoms with Crippen molar-refractivity contribution in [3.63, 3.8) is 0 Å². The van der Waals surface area contributed by atoms with E-state index < -0.39 is 5.97 Å². The van der Waals surface area contributed by atoms with Crippen LogP contribution < -0.4 is 5.56 Å². The van der Waals surface area contributed by atoms with Crippen LogP contribution in [0.2, 0.25) is 0 Å². The lowest BCUT2D eigenvalue weighted by molar-refractivity contribution is 0.0697. The molecule has 0 aliphatic carbocycles. The zero-order chi connectivity index (χ0) is 14.3. The van der Waals surface area contributed by atoms with Crippen LogP contribution in [0.15, 0.2) is 45.7 Å². The third-order valence-electron chi connectivity index (χ3n) is 2.99. The molecule has 3 rings (SSSR count). The first-order chi connectivity index (χ1) is 9.54. The lowest BCUT2D eigenvalue weighted by Gasteiger charge is -1.97. The normalized spacial score (nSPS) is 10.8. The molecule has 20 heavy (non-hydrogen) atoms. The summed E-state index contributed by atoms with van der Waals surface area (Å²) in [5.41, 5.74) is 1.45. The summed E-state index contributed by atoms with van der Waals surface area (Å²) in [6, 6.07) is 7.57. The summed E-state index contributed by atoms with van der Waals surface area (Å²) in [5, 5.41) is 8.93. The largest absolute Gasteiger partial charge is 0.478 e. The average Bonchev–Trinajstić information content (AvgIpc) is 2.84. The van der Waals surface area contributed by atoms with Gasteiger partial charge in [-0.15, -0.1) is 0 Å². The Morgan fingerprint density at radius 3 is 2.80 bits per heavy atom. The molecule has 0 radical (unpaired) electrons. The molecule has 100 valence electrons. The van der Waals surface area contributed by atoms with Crippen molar-refractivity contribution < 1.29 is 14.3 Å². The highest BCUT2D eigenvalue weighted by atomic mass is 16.4. The van der Waals surface area contributed by atoms with Gasteiger partial charge in [0.2, 0.25) is 5.89 Å². The van der Waals surface area contributed by atoms with Crippen molar-refractivity contribution in [1.82, 2.24) is 9.55 Å². The van der Waals surface area contributed by atoms with Crippen LogP contribution >= 0.6 is 0 Å². The van der Waals surface area contributed by atoms with Crippen molar-refractivity contribution >= 4 is 17.1 Å².